The van der Waals surface area contributed by atoms with Crippen LogP contribution < -0.4 is 0 Å². The Bertz CT molecular complexity index is 155. The average molecular weight is 154 g/mol. The minimum absolute atomic E-state index is 0.0833. The van der Waals surface area contributed by atoms with Crippen LogP contribution in [-0.2, 0) is 0 Å². The van der Waals surface area contributed by atoms with Crippen molar-refractivity contribution in [1.29, 1.82) is 0 Å². The molecule has 0 bridgehead atoms. The fourth-order valence-corrected chi connectivity index (χ4v) is 0.622. The summed E-state index contributed by atoms with van der Waals surface area (Å²) in [5.74, 6) is 0. The number of hydrazine groups is 1. The lowest BCUT2D eigenvalue weighted by Gasteiger charge is -2.24. The van der Waals surface area contributed by atoms with E-state index in [1.54, 1.807) is 0 Å². The van der Waals surface area contributed by atoms with Gasteiger partial charge in [-0.1, -0.05) is 5.17 Å². The zero-order chi connectivity index (χ0) is 7.78. The molecule has 3 nitrogen and oxygen atoms in total. The number of halogens is 3. The van der Waals surface area contributed by atoms with Crippen LogP contribution in [0.3, 0.4) is 0 Å². The topological polar surface area (TPSA) is 26.7 Å². The van der Waals surface area contributed by atoms with E-state index >= 15 is 0 Å². The van der Waals surface area contributed by atoms with Gasteiger partial charge in [-0.05, 0) is 6.08 Å². The van der Waals surface area contributed by atoms with E-state index in [2.05, 4.69) is 0 Å². The molecule has 1 N–H and O–H groups in total. The Hall–Kier alpha value is -0.750. The molecule has 0 radical (unpaired) electrons. The Labute approximate surface area is 54.9 Å². The SMILES string of the molecule is ON1CC=CN1C(F)(F)F. The van der Waals surface area contributed by atoms with E-state index in [1.165, 1.54) is 6.08 Å². The summed E-state index contributed by atoms with van der Waals surface area (Å²) < 4.78 is 35.1. The second kappa shape index (κ2) is 2.14. The molecule has 1 rings (SSSR count). The standard InChI is InChI=1S/C4H5F3N2O/c5-4(6,7)8-2-1-3-9(8)10/h1-2,10H,3H2. The molecule has 6 heteroatoms. The molecule has 0 aromatic heterocycles. The lowest BCUT2D eigenvalue weighted by molar-refractivity contribution is -0.356. The van der Waals surface area contributed by atoms with E-state index in [-0.39, 0.29) is 16.7 Å². The molecule has 0 unspecified atom stereocenters. The summed E-state index contributed by atoms with van der Waals surface area (Å²) in [6.45, 7) is -0.125. The van der Waals surface area contributed by atoms with Crippen molar-refractivity contribution in [1.82, 2.24) is 10.2 Å². The Morgan fingerprint density at radius 3 is 2.20 bits per heavy atom. The van der Waals surface area contributed by atoms with Gasteiger partial charge in [0.1, 0.15) is 0 Å². The molecule has 1 heterocycles. The van der Waals surface area contributed by atoms with E-state index in [9.17, 15) is 13.2 Å². The number of alkyl halides is 3. The zero-order valence-corrected chi connectivity index (χ0v) is 4.84. The smallest absolute Gasteiger partial charge is 0.294 e. The monoisotopic (exact) mass is 154 g/mol. The molecule has 58 valence electrons. The lowest BCUT2D eigenvalue weighted by Crippen LogP contribution is -2.42. The minimum atomic E-state index is -4.53. The van der Waals surface area contributed by atoms with E-state index in [0.29, 0.717) is 0 Å². The molecule has 1 aliphatic rings. The Morgan fingerprint density at radius 2 is 2.00 bits per heavy atom. The maximum Gasteiger partial charge on any atom is 0.500 e. The quantitative estimate of drug-likeness (QED) is 0.526. The van der Waals surface area contributed by atoms with Crippen molar-refractivity contribution in [3.63, 3.8) is 0 Å². The summed E-state index contributed by atoms with van der Waals surface area (Å²) in [7, 11) is 0. The molecule has 0 saturated carbocycles. The molecule has 0 fully saturated rings. The highest BCUT2D eigenvalue weighted by Gasteiger charge is 2.40. The van der Waals surface area contributed by atoms with Crippen LogP contribution in [0.1, 0.15) is 0 Å². The molecule has 0 aromatic carbocycles. The van der Waals surface area contributed by atoms with Crippen LogP contribution in [0.4, 0.5) is 13.2 Å². The largest absolute Gasteiger partial charge is 0.500 e. The summed E-state index contributed by atoms with van der Waals surface area (Å²) in [6, 6.07) is 0. The van der Waals surface area contributed by atoms with Crippen molar-refractivity contribution in [2.45, 2.75) is 6.30 Å². The Kier molecular flexibility index (Phi) is 1.57. The fraction of sp³-hybridized carbons (Fsp3) is 0.500. The molecule has 0 amide bonds. The number of hydroxylamine groups is 1. The molecule has 0 spiro atoms. The Balaban J connectivity index is 2.64. The first-order valence-corrected chi connectivity index (χ1v) is 2.51. The molecular weight excluding hydrogens is 149 g/mol. The summed E-state index contributed by atoms with van der Waals surface area (Å²) in [6.07, 6.45) is -2.56. The van der Waals surface area contributed by atoms with Crippen LogP contribution in [0.25, 0.3) is 0 Å². The van der Waals surface area contributed by atoms with Crippen LogP contribution >= 0.6 is 0 Å². The highest BCUT2D eigenvalue weighted by atomic mass is 19.4. The van der Waals surface area contributed by atoms with Crippen LogP contribution in [0.15, 0.2) is 12.3 Å². The van der Waals surface area contributed by atoms with Gasteiger partial charge >= 0.3 is 6.30 Å². The number of hydrogen-bond donors (Lipinski definition) is 1. The second-order valence-corrected chi connectivity index (χ2v) is 1.75. The average Bonchev–Trinajstić information content (AvgIpc) is 2.11. The van der Waals surface area contributed by atoms with Crippen molar-refractivity contribution in [2.24, 2.45) is 0 Å². The first kappa shape index (κ1) is 7.36. The highest BCUT2D eigenvalue weighted by molar-refractivity contribution is 4.89. The zero-order valence-electron chi connectivity index (χ0n) is 4.84. The first-order valence-electron chi connectivity index (χ1n) is 2.51. The third-order valence-corrected chi connectivity index (χ3v) is 1.02. The summed E-state index contributed by atoms with van der Waals surface area (Å²) in [4.78, 5) is 0. The van der Waals surface area contributed by atoms with Gasteiger partial charge in [-0.15, -0.1) is 13.2 Å². The van der Waals surface area contributed by atoms with E-state index in [4.69, 9.17) is 5.21 Å². The third-order valence-electron chi connectivity index (χ3n) is 1.02. The maximum absolute atomic E-state index is 11.7. The summed E-state index contributed by atoms with van der Waals surface area (Å²) in [5, 5.41) is 8.38. The van der Waals surface area contributed by atoms with Crippen LogP contribution in [0.2, 0.25) is 0 Å². The predicted molar refractivity (Wildman–Crippen MR) is 25.5 cm³/mol. The van der Waals surface area contributed by atoms with E-state index in [0.717, 1.165) is 6.20 Å². The number of rotatable bonds is 0. The third kappa shape index (κ3) is 1.22. The Morgan fingerprint density at radius 1 is 1.40 bits per heavy atom. The molecule has 0 aliphatic carbocycles. The van der Waals surface area contributed by atoms with Crippen molar-refractivity contribution in [3.8, 4) is 0 Å². The van der Waals surface area contributed by atoms with Crippen molar-refractivity contribution in [3.05, 3.63) is 12.3 Å². The number of nitrogens with zero attached hydrogens (tertiary/aromatic N) is 2. The molecule has 0 aromatic rings. The molecule has 0 atom stereocenters. The van der Waals surface area contributed by atoms with Crippen LogP contribution in [0, 0.1) is 0 Å². The van der Waals surface area contributed by atoms with Crippen molar-refractivity contribution >= 4 is 0 Å². The van der Waals surface area contributed by atoms with Gasteiger partial charge < -0.3 is 0 Å². The molecular formula is C4H5F3N2O. The first-order chi connectivity index (χ1) is 4.52. The van der Waals surface area contributed by atoms with Gasteiger partial charge in [0, 0.05) is 6.20 Å². The van der Waals surface area contributed by atoms with Gasteiger partial charge in [-0.2, -0.15) is 5.01 Å². The minimum Gasteiger partial charge on any atom is -0.294 e. The molecule has 0 saturated heterocycles. The van der Waals surface area contributed by atoms with Gasteiger partial charge in [-0.3, -0.25) is 5.21 Å². The van der Waals surface area contributed by atoms with Crippen molar-refractivity contribution < 1.29 is 18.4 Å². The van der Waals surface area contributed by atoms with E-state index < -0.39 is 6.30 Å². The fourth-order valence-electron chi connectivity index (χ4n) is 0.622. The van der Waals surface area contributed by atoms with Gasteiger partial charge in [0.25, 0.3) is 0 Å². The van der Waals surface area contributed by atoms with Gasteiger partial charge in [0.05, 0.1) is 6.54 Å². The summed E-state index contributed by atoms with van der Waals surface area (Å²) in [5.41, 5.74) is 0. The van der Waals surface area contributed by atoms with E-state index in [1.807, 2.05) is 0 Å². The number of hydrogen-bond acceptors (Lipinski definition) is 3. The van der Waals surface area contributed by atoms with Gasteiger partial charge in [-0.25, -0.2) is 0 Å². The molecule has 10 heavy (non-hydrogen) atoms. The maximum atomic E-state index is 11.7. The van der Waals surface area contributed by atoms with Crippen molar-refractivity contribution in [2.75, 3.05) is 6.54 Å². The lowest BCUT2D eigenvalue weighted by atomic mass is 10.6. The normalized spacial score (nSPS) is 20.6. The summed E-state index contributed by atoms with van der Waals surface area (Å²) >= 11 is 0. The highest BCUT2D eigenvalue weighted by Crippen LogP contribution is 2.24. The molecule has 1 aliphatic heterocycles. The van der Waals surface area contributed by atoms with Crippen LogP contribution in [0.5, 0.6) is 0 Å². The predicted octanol–water partition coefficient (Wildman–Crippen LogP) is 0.942. The van der Waals surface area contributed by atoms with Gasteiger partial charge in [0.15, 0.2) is 0 Å². The second-order valence-electron chi connectivity index (χ2n) is 1.75. The van der Waals surface area contributed by atoms with Crippen LogP contribution in [-0.4, -0.2) is 28.2 Å². The van der Waals surface area contributed by atoms with Gasteiger partial charge in [0.2, 0.25) is 0 Å².